The van der Waals surface area contributed by atoms with E-state index in [4.69, 9.17) is 5.11 Å². The Hall–Kier alpha value is -1.89. The van der Waals surface area contributed by atoms with Gasteiger partial charge in [0.25, 0.3) is 0 Å². The van der Waals surface area contributed by atoms with Gasteiger partial charge in [-0.1, -0.05) is 17.7 Å². The van der Waals surface area contributed by atoms with Crippen LogP contribution in [0.3, 0.4) is 0 Å². The summed E-state index contributed by atoms with van der Waals surface area (Å²) in [5, 5.41) is 9.17. The maximum absolute atomic E-state index is 12.2. The van der Waals surface area contributed by atoms with E-state index in [-0.39, 0.29) is 29.5 Å². The SMILES string of the molecule is Cc1ccc(S(=O)(=O)CCC(=O)N2CCC(C)(C(=O)O)C2)cc1. The summed E-state index contributed by atoms with van der Waals surface area (Å²) in [6.45, 7) is 3.95. The summed E-state index contributed by atoms with van der Waals surface area (Å²) in [5.41, 5.74) is 0.0240. The molecule has 7 heteroatoms. The molecule has 0 aromatic heterocycles. The topological polar surface area (TPSA) is 91.8 Å². The zero-order valence-corrected chi connectivity index (χ0v) is 14.1. The number of aryl methyl sites for hydroxylation is 1. The first-order valence-electron chi connectivity index (χ1n) is 7.45. The number of carbonyl (C=O) groups excluding carboxylic acids is 1. The number of rotatable bonds is 5. The Balaban J connectivity index is 1.97. The molecule has 1 amide bonds. The van der Waals surface area contributed by atoms with Gasteiger partial charge in [-0.25, -0.2) is 8.42 Å². The van der Waals surface area contributed by atoms with Gasteiger partial charge in [-0.2, -0.15) is 0 Å². The number of likely N-dealkylation sites (tertiary alicyclic amines) is 1. The minimum absolute atomic E-state index is 0.131. The van der Waals surface area contributed by atoms with Gasteiger partial charge in [0.1, 0.15) is 0 Å². The number of carboxylic acids is 1. The Morgan fingerprint density at radius 1 is 1.26 bits per heavy atom. The van der Waals surface area contributed by atoms with Gasteiger partial charge in [0, 0.05) is 19.5 Å². The average molecular weight is 339 g/mol. The number of benzene rings is 1. The molecule has 23 heavy (non-hydrogen) atoms. The lowest BCUT2D eigenvalue weighted by Gasteiger charge is -2.20. The van der Waals surface area contributed by atoms with Gasteiger partial charge in [0.2, 0.25) is 5.91 Å². The minimum atomic E-state index is -3.51. The van der Waals surface area contributed by atoms with Crippen LogP contribution in [-0.4, -0.2) is 49.1 Å². The molecule has 1 unspecified atom stereocenters. The number of sulfone groups is 1. The van der Waals surface area contributed by atoms with Crippen LogP contribution in [0.25, 0.3) is 0 Å². The van der Waals surface area contributed by atoms with E-state index in [1.165, 1.54) is 17.0 Å². The van der Waals surface area contributed by atoms with Crippen LogP contribution in [0, 0.1) is 12.3 Å². The quantitative estimate of drug-likeness (QED) is 0.877. The summed E-state index contributed by atoms with van der Waals surface area (Å²) in [5.74, 6) is -1.51. The molecule has 6 nitrogen and oxygen atoms in total. The lowest BCUT2D eigenvalue weighted by Crippen LogP contribution is -2.35. The van der Waals surface area contributed by atoms with Gasteiger partial charge in [0.15, 0.2) is 9.84 Å². The highest BCUT2D eigenvalue weighted by Gasteiger charge is 2.42. The largest absolute Gasteiger partial charge is 0.481 e. The molecule has 1 aromatic rings. The van der Waals surface area contributed by atoms with Crippen LogP contribution >= 0.6 is 0 Å². The number of carboxylic acid groups (broad SMARTS) is 1. The van der Waals surface area contributed by atoms with Gasteiger partial charge >= 0.3 is 5.97 Å². The van der Waals surface area contributed by atoms with Crippen molar-refractivity contribution in [1.29, 1.82) is 0 Å². The van der Waals surface area contributed by atoms with E-state index < -0.39 is 21.2 Å². The van der Waals surface area contributed by atoms with E-state index in [1.54, 1.807) is 19.1 Å². The number of nitrogens with zero attached hydrogens (tertiary/aromatic N) is 1. The number of hydrogen-bond acceptors (Lipinski definition) is 4. The molecule has 1 aliphatic heterocycles. The summed E-state index contributed by atoms with van der Waals surface area (Å²) in [6, 6.07) is 6.50. The molecule has 1 aromatic carbocycles. The zero-order valence-electron chi connectivity index (χ0n) is 13.3. The summed E-state index contributed by atoms with van der Waals surface area (Å²) in [7, 11) is -3.51. The average Bonchev–Trinajstić information content (AvgIpc) is 2.89. The van der Waals surface area contributed by atoms with E-state index in [0.717, 1.165) is 5.56 Å². The third kappa shape index (κ3) is 3.90. The van der Waals surface area contributed by atoms with Gasteiger partial charge in [-0.05, 0) is 32.4 Å². The molecule has 0 saturated carbocycles. The third-order valence-electron chi connectivity index (χ3n) is 4.31. The van der Waals surface area contributed by atoms with E-state index in [2.05, 4.69) is 0 Å². The molecule has 1 N–H and O–H groups in total. The second kappa shape index (κ2) is 6.31. The van der Waals surface area contributed by atoms with Crippen LogP contribution in [0.5, 0.6) is 0 Å². The number of hydrogen-bond donors (Lipinski definition) is 1. The van der Waals surface area contributed by atoms with Gasteiger partial charge in [-0.15, -0.1) is 0 Å². The van der Waals surface area contributed by atoms with E-state index in [9.17, 15) is 18.0 Å². The van der Waals surface area contributed by atoms with Crippen molar-refractivity contribution < 1.29 is 23.1 Å². The molecule has 1 heterocycles. The second-order valence-electron chi connectivity index (χ2n) is 6.31. The lowest BCUT2D eigenvalue weighted by molar-refractivity contribution is -0.147. The lowest BCUT2D eigenvalue weighted by atomic mass is 9.90. The molecule has 1 fully saturated rings. The highest BCUT2D eigenvalue weighted by atomic mass is 32.2. The molecule has 0 spiro atoms. The second-order valence-corrected chi connectivity index (χ2v) is 8.42. The van der Waals surface area contributed by atoms with Crippen molar-refractivity contribution in [3.63, 3.8) is 0 Å². The molecule has 2 rings (SSSR count). The molecule has 1 saturated heterocycles. The third-order valence-corrected chi connectivity index (χ3v) is 6.04. The standard InChI is InChI=1S/C16H21NO5S/c1-12-3-5-13(6-4-12)23(21,22)10-7-14(18)17-9-8-16(2,11-17)15(19)20/h3-6H,7-11H2,1-2H3,(H,19,20). The van der Waals surface area contributed by atoms with Crippen LogP contribution < -0.4 is 0 Å². The first kappa shape index (κ1) is 17.5. The van der Waals surface area contributed by atoms with Crippen molar-refractivity contribution in [2.24, 2.45) is 5.41 Å². The fraction of sp³-hybridized carbons (Fsp3) is 0.500. The first-order valence-corrected chi connectivity index (χ1v) is 9.10. The van der Waals surface area contributed by atoms with E-state index in [1.807, 2.05) is 6.92 Å². The van der Waals surface area contributed by atoms with Gasteiger partial charge in [0.05, 0.1) is 16.1 Å². The van der Waals surface area contributed by atoms with Crippen molar-refractivity contribution in [2.45, 2.75) is 31.6 Å². The van der Waals surface area contributed by atoms with E-state index in [0.29, 0.717) is 13.0 Å². The molecule has 1 atom stereocenters. The first-order chi connectivity index (χ1) is 10.6. The van der Waals surface area contributed by atoms with Crippen LogP contribution in [0.4, 0.5) is 0 Å². The van der Waals surface area contributed by atoms with Crippen LogP contribution in [0.15, 0.2) is 29.2 Å². The molecule has 0 bridgehead atoms. The normalized spacial score (nSPS) is 21.4. The molecular formula is C16H21NO5S. The number of carbonyl (C=O) groups is 2. The van der Waals surface area contributed by atoms with Gasteiger partial charge < -0.3 is 10.0 Å². The van der Waals surface area contributed by atoms with Crippen molar-refractivity contribution >= 4 is 21.7 Å². The monoisotopic (exact) mass is 339 g/mol. The van der Waals surface area contributed by atoms with Crippen LogP contribution in [0.2, 0.25) is 0 Å². The Morgan fingerprint density at radius 2 is 1.87 bits per heavy atom. The Bertz CT molecular complexity index is 710. The molecule has 0 radical (unpaired) electrons. The fourth-order valence-corrected chi connectivity index (χ4v) is 3.82. The van der Waals surface area contributed by atoms with Crippen molar-refractivity contribution in [3.8, 4) is 0 Å². The highest BCUT2D eigenvalue weighted by Crippen LogP contribution is 2.30. The zero-order chi connectivity index (χ0) is 17.3. The molecule has 1 aliphatic rings. The number of amides is 1. The fourth-order valence-electron chi connectivity index (χ4n) is 2.59. The Morgan fingerprint density at radius 3 is 2.39 bits per heavy atom. The maximum atomic E-state index is 12.2. The van der Waals surface area contributed by atoms with E-state index >= 15 is 0 Å². The van der Waals surface area contributed by atoms with Gasteiger partial charge in [-0.3, -0.25) is 9.59 Å². The van der Waals surface area contributed by atoms with Crippen molar-refractivity contribution in [1.82, 2.24) is 4.90 Å². The maximum Gasteiger partial charge on any atom is 0.311 e. The van der Waals surface area contributed by atoms with Crippen LogP contribution in [-0.2, 0) is 19.4 Å². The summed E-state index contributed by atoms with van der Waals surface area (Å²) in [4.78, 5) is 25.0. The van der Waals surface area contributed by atoms with Crippen LogP contribution in [0.1, 0.15) is 25.3 Å². The number of aliphatic carboxylic acids is 1. The molecular weight excluding hydrogens is 318 g/mol. The summed E-state index contributed by atoms with van der Waals surface area (Å²) < 4.78 is 24.5. The highest BCUT2D eigenvalue weighted by molar-refractivity contribution is 7.91. The molecule has 0 aliphatic carbocycles. The predicted octanol–water partition coefficient (Wildman–Crippen LogP) is 1.48. The Kier molecular flexibility index (Phi) is 4.79. The molecule has 126 valence electrons. The van der Waals surface area contributed by atoms with Crippen molar-refractivity contribution in [2.75, 3.05) is 18.8 Å². The summed E-state index contributed by atoms with van der Waals surface area (Å²) in [6.07, 6.45) is 0.255. The smallest absolute Gasteiger partial charge is 0.311 e. The Labute approximate surface area is 136 Å². The predicted molar refractivity (Wildman–Crippen MR) is 84.8 cm³/mol. The summed E-state index contributed by atoms with van der Waals surface area (Å²) >= 11 is 0. The minimum Gasteiger partial charge on any atom is -0.481 e. The van der Waals surface area contributed by atoms with Crippen molar-refractivity contribution in [3.05, 3.63) is 29.8 Å².